The number of nitrogens with one attached hydrogen (secondary N) is 1. The Kier molecular flexibility index (Phi) is 6.04. The summed E-state index contributed by atoms with van der Waals surface area (Å²) in [6, 6.07) is 19.4. The molecule has 1 aliphatic heterocycles. The number of benzene rings is 3. The van der Waals surface area contributed by atoms with Gasteiger partial charge in [0.25, 0.3) is 11.8 Å². The number of methoxy groups -OCH3 is 3. The molecule has 0 saturated heterocycles. The fraction of sp³-hybridized carbons (Fsp3) is 0.154. The van der Waals surface area contributed by atoms with Crippen molar-refractivity contribution in [1.82, 2.24) is 0 Å². The van der Waals surface area contributed by atoms with Crippen LogP contribution in [0.5, 0.6) is 17.2 Å². The Morgan fingerprint density at radius 1 is 0.727 bits per heavy atom. The third kappa shape index (κ3) is 4.13. The zero-order chi connectivity index (χ0) is 23.5. The summed E-state index contributed by atoms with van der Waals surface area (Å²) in [5, 5.41) is 3.17. The molecule has 0 radical (unpaired) electrons. The molecule has 0 aromatic heterocycles. The third-order valence-corrected chi connectivity index (χ3v) is 5.41. The van der Waals surface area contributed by atoms with Crippen LogP contribution < -0.4 is 24.4 Å². The molecule has 0 fully saturated rings. The zero-order valence-corrected chi connectivity index (χ0v) is 18.8. The van der Waals surface area contributed by atoms with Crippen LogP contribution in [-0.4, -0.2) is 33.1 Å². The molecule has 1 heterocycles. The van der Waals surface area contributed by atoms with Crippen LogP contribution in [0.3, 0.4) is 0 Å². The predicted molar refractivity (Wildman–Crippen MR) is 127 cm³/mol. The van der Waals surface area contributed by atoms with Gasteiger partial charge in [0.15, 0.2) is 0 Å². The molecule has 0 saturated carbocycles. The topological polar surface area (TPSA) is 77.1 Å². The number of ether oxygens (including phenoxy) is 3. The smallest absolute Gasteiger partial charge is 0.282 e. The van der Waals surface area contributed by atoms with Crippen molar-refractivity contribution >= 4 is 28.8 Å². The number of amides is 2. The summed E-state index contributed by atoms with van der Waals surface area (Å²) in [5.74, 6) is 0.955. The van der Waals surface area contributed by atoms with Crippen molar-refractivity contribution in [2.45, 2.75) is 6.92 Å². The Morgan fingerprint density at radius 2 is 1.33 bits per heavy atom. The largest absolute Gasteiger partial charge is 0.497 e. The number of nitrogens with zero attached hydrogens (tertiary/aromatic N) is 1. The lowest BCUT2D eigenvalue weighted by atomic mass is 10.0. The maximum Gasteiger partial charge on any atom is 0.282 e. The summed E-state index contributed by atoms with van der Waals surface area (Å²) in [7, 11) is 4.68. The molecule has 1 aliphatic rings. The van der Waals surface area contributed by atoms with E-state index in [0.717, 1.165) is 10.5 Å². The van der Waals surface area contributed by atoms with Crippen LogP contribution in [0.2, 0.25) is 0 Å². The Bertz CT molecular complexity index is 1230. The maximum absolute atomic E-state index is 13.6. The number of hydrogen-bond donors (Lipinski definition) is 1. The summed E-state index contributed by atoms with van der Waals surface area (Å²) in [6.07, 6.45) is 0. The normalized spacial score (nSPS) is 13.4. The standard InChI is InChI=1S/C26H24N2O5/c1-16-5-14-22(33-4)21(15-16)27-24-23(17-6-10-19(31-2)11-7-17)25(29)28(26(24)30)18-8-12-20(32-3)13-9-18/h5-15,27H,1-4H3. The van der Waals surface area contributed by atoms with Gasteiger partial charge in [-0.05, 0) is 66.6 Å². The van der Waals surface area contributed by atoms with Crippen LogP contribution >= 0.6 is 0 Å². The number of aryl methyl sites for hydroxylation is 1. The van der Waals surface area contributed by atoms with E-state index < -0.39 is 11.8 Å². The molecule has 0 bridgehead atoms. The molecule has 2 amide bonds. The Balaban J connectivity index is 1.82. The Labute approximate surface area is 192 Å². The van der Waals surface area contributed by atoms with Crippen LogP contribution in [0.15, 0.2) is 72.4 Å². The first kappa shape index (κ1) is 22.0. The van der Waals surface area contributed by atoms with Gasteiger partial charge >= 0.3 is 0 Å². The van der Waals surface area contributed by atoms with Gasteiger partial charge < -0.3 is 19.5 Å². The van der Waals surface area contributed by atoms with Gasteiger partial charge in [0.2, 0.25) is 0 Å². The number of carbonyl (C=O) groups is 2. The highest BCUT2D eigenvalue weighted by atomic mass is 16.5. The second-order valence-corrected chi connectivity index (χ2v) is 7.45. The van der Waals surface area contributed by atoms with E-state index in [1.54, 1.807) is 69.9 Å². The van der Waals surface area contributed by atoms with Crippen LogP contribution in [-0.2, 0) is 9.59 Å². The lowest BCUT2D eigenvalue weighted by Gasteiger charge is -2.16. The molecule has 3 aromatic rings. The Morgan fingerprint density at radius 3 is 1.91 bits per heavy atom. The summed E-state index contributed by atoms with van der Waals surface area (Å²) >= 11 is 0. The van der Waals surface area contributed by atoms with Crippen molar-refractivity contribution in [3.8, 4) is 17.2 Å². The molecule has 0 unspecified atom stereocenters. The van der Waals surface area contributed by atoms with E-state index in [1.165, 1.54) is 0 Å². The average Bonchev–Trinajstić information content (AvgIpc) is 3.08. The number of hydrogen-bond acceptors (Lipinski definition) is 6. The van der Waals surface area contributed by atoms with E-state index in [0.29, 0.717) is 34.2 Å². The van der Waals surface area contributed by atoms with Crippen LogP contribution in [0.4, 0.5) is 11.4 Å². The highest BCUT2D eigenvalue weighted by Gasteiger charge is 2.40. The summed E-state index contributed by atoms with van der Waals surface area (Å²) in [5.41, 5.74) is 3.06. The third-order valence-electron chi connectivity index (χ3n) is 5.41. The summed E-state index contributed by atoms with van der Waals surface area (Å²) in [4.78, 5) is 28.3. The number of rotatable bonds is 7. The SMILES string of the molecule is COc1ccc(C2=C(Nc3cc(C)ccc3OC)C(=O)N(c3ccc(OC)cc3)C2=O)cc1. The molecule has 7 heteroatoms. The van der Waals surface area contributed by atoms with E-state index >= 15 is 0 Å². The molecule has 1 N–H and O–H groups in total. The second kappa shape index (κ2) is 9.08. The van der Waals surface area contributed by atoms with Crippen LogP contribution in [0.1, 0.15) is 11.1 Å². The van der Waals surface area contributed by atoms with Gasteiger partial charge in [-0.1, -0.05) is 18.2 Å². The quantitative estimate of drug-likeness (QED) is 0.544. The summed E-state index contributed by atoms with van der Waals surface area (Å²) in [6.45, 7) is 1.94. The van der Waals surface area contributed by atoms with E-state index in [1.807, 2.05) is 25.1 Å². The number of carbonyl (C=O) groups excluding carboxylic acids is 2. The van der Waals surface area contributed by atoms with Gasteiger partial charge in [-0.25, -0.2) is 4.90 Å². The second-order valence-electron chi connectivity index (χ2n) is 7.45. The first-order valence-corrected chi connectivity index (χ1v) is 10.3. The number of anilines is 2. The minimum absolute atomic E-state index is 0.171. The molecule has 168 valence electrons. The average molecular weight is 444 g/mol. The van der Waals surface area contributed by atoms with E-state index in [2.05, 4.69) is 5.32 Å². The molecule has 0 aliphatic carbocycles. The fourth-order valence-electron chi connectivity index (χ4n) is 3.69. The first-order chi connectivity index (χ1) is 16.0. The summed E-state index contributed by atoms with van der Waals surface area (Å²) < 4.78 is 15.9. The molecule has 0 atom stereocenters. The fourth-order valence-corrected chi connectivity index (χ4v) is 3.69. The molecular weight excluding hydrogens is 420 g/mol. The van der Waals surface area contributed by atoms with E-state index in [9.17, 15) is 9.59 Å². The van der Waals surface area contributed by atoms with Crippen LogP contribution in [0.25, 0.3) is 5.57 Å². The molecule has 4 rings (SSSR count). The van der Waals surface area contributed by atoms with Gasteiger partial charge in [0, 0.05) is 0 Å². The zero-order valence-electron chi connectivity index (χ0n) is 18.8. The monoisotopic (exact) mass is 444 g/mol. The molecule has 7 nitrogen and oxygen atoms in total. The molecular formula is C26H24N2O5. The molecule has 3 aromatic carbocycles. The van der Waals surface area contributed by atoms with Crippen molar-refractivity contribution in [3.05, 3.63) is 83.6 Å². The lowest BCUT2D eigenvalue weighted by molar-refractivity contribution is -0.120. The highest BCUT2D eigenvalue weighted by molar-refractivity contribution is 6.46. The highest BCUT2D eigenvalue weighted by Crippen LogP contribution is 2.36. The van der Waals surface area contributed by atoms with Crippen molar-refractivity contribution in [2.75, 3.05) is 31.5 Å². The van der Waals surface area contributed by atoms with Gasteiger partial charge in [0.1, 0.15) is 22.9 Å². The van der Waals surface area contributed by atoms with E-state index in [-0.39, 0.29) is 11.3 Å². The lowest BCUT2D eigenvalue weighted by Crippen LogP contribution is -2.32. The van der Waals surface area contributed by atoms with Crippen molar-refractivity contribution in [1.29, 1.82) is 0 Å². The minimum Gasteiger partial charge on any atom is -0.497 e. The van der Waals surface area contributed by atoms with Gasteiger partial charge in [-0.3, -0.25) is 9.59 Å². The van der Waals surface area contributed by atoms with Crippen molar-refractivity contribution in [3.63, 3.8) is 0 Å². The maximum atomic E-state index is 13.6. The van der Waals surface area contributed by atoms with E-state index in [4.69, 9.17) is 14.2 Å². The van der Waals surface area contributed by atoms with Gasteiger partial charge in [-0.2, -0.15) is 0 Å². The predicted octanol–water partition coefficient (Wildman–Crippen LogP) is 4.42. The first-order valence-electron chi connectivity index (χ1n) is 10.3. The van der Waals surface area contributed by atoms with Crippen LogP contribution in [0, 0.1) is 6.92 Å². The molecule has 33 heavy (non-hydrogen) atoms. The Hall–Kier alpha value is -4.26. The van der Waals surface area contributed by atoms with Crippen molar-refractivity contribution < 1.29 is 23.8 Å². The van der Waals surface area contributed by atoms with Crippen molar-refractivity contribution in [2.24, 2.45) is 0 Å². The van der Waals surface area contributed by atoms with Gasteiger partial charge in [-0.15, -0.1) is 0 Å². The van der Waals surface area contributed by atoms with Gasteiger partial charge in [0.05, 0.1) is 38.3 Å². The number of imide groups is 1. The minimum atomic E-state index is -0.459. The molecule has 0 spiro atoms.